The summed E-state index contributed by atoms with van der Waals surface area (Å²) in [5.74, 6) is -0.430. The van der Waals surface area contributed by atoms with Gasteiger partial charge in [0.05, 0.1) is 11.6 Å². The molecule has 2 aliphatic heterocycles. The zero-order chi connectivity index (χ0) is 23.5. The number of carbonyl (C=O) groups excluding carboxylic acids is 2. The highest BCUT2D eigenvalue weighted by atomic mass is 79.9. The second-order valence-corrected chi connectivity index (χ2v) is 8.91. The third-order valence-electron chi connectivity index (χ3n) is 6.12. The molecule has 0 spiro atoms. The lowest BCUT2D eigenvalue weighted by Crippen LogP contribution is -2.33. The first-order valence-corrected chi connectivity index (χ1v) is 11.9. The van der Waals surface area contributed by atoms with Gasteiger partial charge < -0.3 is 24.4 Å². The van der Waals surface area contributed by atoms with Crippen molar-refractivity contribution in [3.63, 3.8) is 0 Å². The van der Waals surface area contributed by atoms with Crippen LogP contribution in [0, 0.1) is 0 Å². The van der Waals surface area contributed by atoms with Crippen LogP contribution in [-0.4, -0.2) is 59.6 Å². The fourth-order valence-corrected chi connectivity index (χ4v) is 4.75. The Labute approximate surface area is 201 Å². The molecule has 1 saturated heterocycles. The van der Waals surface area contributed by atoms with Crippen molar-refractivity contribution in [1.82, 2.24) is 9.80 Å². The number of aliphatic hydroxyl groups is 1. The van der Waals surface area contributed by atoms with Crippen molar-refractivity contribution in [1.29, 1.82) is 0 Å². The minimum Gasteiger partial charge on any atom is -0.507 e. The summed E-state index contributed by atoms with van der Waals surface area (Å²) in [6.45, 7) is 7.39. The Morgan fingerprint density at radius 2 is 1.88 bits per heavy atom. The SMILES string of the molecule is CCN(CC)CCCN1C(=O)C(=O)C(=C(O)c2ccc3c(c2)OCO3)C1c1cccc(Br)c1. The standard InChI is InChI=1S/C25H27BrN2O5/c1-3-27(4-2)11-6-12-28-22(16-7-5-8-18(26)13-16)21(24(30)25(28)31)23(29)17-9-10-19-20(14-17)33-15-32-19/h5,7-10,13-14,22,29H,3-4,6,11-12,15H2,1-2H3. The fraction of sp³-hybridized carbons (Fsp3) is 0.360. The summed E-state index contributed by atoms with van der Waals surface area (Å²) >= 11 is 3.48. The van der Waals surface area contributed by atoms with Gasteiger partial charge in [0.2, 0.25) is 6.79 Å². The number of fused-ring (bicyclic) bond motifs is 1. The maximum Gasteiger partial charge on any atom is 0.295 e. The Bertz CT molecular complexity index is 1100. The number of carbonyl (C=O) groups is 2. The summed E-state index contributed by atoms with van der Waals surface area (Å²) in [4.78, 5) is 30.1. The number of amides is 1. The minimum atomic E-state index is -0.682. The number of likely N-dealkylation sites (tertiary alicyclic amines) is 1. The molecule has 2 aromatic carbocycles. The highest BCUT2D eigenvalue weighted by Gasteiger charge is 2.46. The molecule has 0 radical (unpaired) electrons. The van der Waals surface area contributed by atoms with Crippen molar-refractivity contribution >= 4 is 33.4 Å². The molecule has 8 heteroatoms. The lowest BCUT2D eigenvalue weighted by molar-refractivity contribution is -0.140. The molecule has 1 amide bonds. The second kappa shape index (κ2) is 9.97. The van der Waals surface area contributed by atoms with E-state index in [9.17, 15) is 14.7 Å². The summed E-state index contributed by atoms with van der Waals surface area (Å²) in [5, 5.41) is 11.2. The fourth-order valence-electron chi connectivity index (χ4n) is 4.34. The van der Waals surface area contributed by atoms with Crippen LogP contribution in [0.3, 0.4) is 0 Å². The van der Waals surface area contributed by atoms with Gasteiger partial charge >= 0.3 is 0 Å². The summed E-state index contributed by atoms with van der Waals surface area (Å²) in [5.41, 5.74) is 1.24. The number of halogens is 1. The molecule has 2 aromatic rings. The molecule has 1 unspecified atom stereocenters. The van der Waals surface area contributed by atoms with E-state index in [0.29, 0.717) is 23.6 Å². The highest BCUT2D eigenvalue weighted by molar-refractivity contribution is 9.10. The topological polar surface area (TPSA) is 79.3 Å². The molecule has 33 heavy (non-hydrogen) atoms. The third-order valence-corrected chi connectivity index (χ3v) is 6.61. The zero-order valence-corrected chi connectivity index (χ0v) is 20.3. The first-order valence-electron chi connectivity index (χ1n) is 11.1. The van der Waals surface area contributed by atoms with Gasteiger partial charge in [0.15, 0.2) is 11.5 Å². The van der Waals surface area contributed by atoms with E-state index < -0.39 is 17.7 Å². The van der Waals surface area contributed by atoms with Crippen LogP contribution in [0.25, 0.3) is 5.76 Å². The van der Waals surface area contributed by atoms with E-state index in [-0.39, 0.29) is 18.1 Å². The van der Waals surface area contributed by atoms with Crippen LogP contribution in [0.5, 0.6) is 11.5 Å². The number of nitrogens with zero attached hydrogens (tertiary/aromatic N) is 2. The van der Waals surface area contributed by atoms with Crippen LogP contribution in [-0.2, 0) is 9.59 Å². The minimum absolute atomic E-state index is 0.0832. The molecule has 1 fully saturated rings. The molecular formula is C25H27BrN2O5. The van der Waals surface area contributed by atoms with Crippen molar-refractivity contribution in [2.24, 2.45) is 0 Å². The number of rotatable bonds is 8. The van der Waals surface area contributed by atoms with Gasteiger partial charge in [0.1, 0.15) is 5.76 Å². The first kappa shape index (κ1) is 23.3. The normalized spacial score (nSPS) is 19.0. The predicted molar refractivity (Wildman–Crippen MR) is 128 cm³/mol. The Hall–Kier alpha value is -2.84. The van der Waals surface area contributed by atoms with Gasteiger partial charge in [-0.25, -0.2) is 0 Å². The van der Waals surface area contributed by atoms with E-state index in [2.05, 4.69) is 34.7 Å². The van der Waals surface area contributed by atoms with Gasteiger partial charge in [0, 0.05) is 16.6 Å². The van der Waals surface area contributed by atoms with Crippen LogP contribution < -0.4 is 9.47 Å². The number of aliphatic hydroxyl groups excluding tert-OH is 1. The number of benzene rings is 2. The van der Waals surface area contributed by atoms with Gasteiger partial charge in [-0.05, 0) is 62.0 Å². The number of ketones is 1. The zero-order valence-electron chi connectivity index (χ0n) is 18.7. The van der Waals surface area contributed by atoms with Crippen LogP contribution in [0.4, 0.5) is 0 Å². The average Bonchev–Trinajstić information content (AvgIpc) is 3.39. The predicted octanol–water partition coefficient (Wildman–Crippen LogP) is 4.33. The van der Waals surface area contributed by atoms with Crippen molar-refractivity contribution in [2.45, 2.75) is 26.3 Å². The quantitative estimate of drug-likeness (QED) is 0.320. The van der Waals surface area contributed by atoms with Crippen LogP contribution >= 0.6 is 15.9 Å². The van der Waals surface area contributed by atoms with Crippen LogP contribution in [0.15, 0.2) is 52.5 Å². The Balaban J connectivity index is 1.73. The molecule has 0 saturated carbocycles. The maximum atomic E-state index is 13.2. The molecule has 0 bridgehead atoms. The van der Waals surface area contributed by atoms with E-state index >= 15 is 0 Å². The summed E-state index contributed by atoms with van der Waals surface area (Å²) in [6.07, 6.45) is 0.725. The number of hydrogen-bond acceptors (Lipinski definition) is 6. The number of ether oxygens (including phenoxy) is 2. The van der Waals surface area contributed by atoms with Crippen molar-refractivity contribution in [3.05, 3.63) is 63.6 Å². The van der Waals surface area contributed by atoms with Crippen molar-refractivity contribution in [2.75, 3.05) is 33.0 Å². The summed E-state index contributed by atoms with van der Waals surface area (Å²) in [7, 11) is 0. The lowest BCUT2D eigenvalue weighted by Gasteiger charge is -2.27. The van der Waals surface area contributed by atoms with E-state index in [0.717, 1.165) is 36.1 Å². The van der Waals surface area contributed by atoms with E-state index in [1.54, 1.807) is 23.1 Å². The smallest absolute Gasteiger partial charge is 0.295 e. The molecule has 7 nitrogen and oxygen atoms in total. The van der Waals surface area contributed by atoms with Gasteiger partial charge in [0.25, 0.3) is 11.7 Å². The molecule has 174 valence electrons. The Kier molecular flexibility index (Phi) is 7.05. The van der Waals surface area contributed by atoms with Crippen molar-refractivity contribution in [3.8, 4) is 11.5 Å². The van der Waals surface area contributed by atoms with Gasteiger partial charge in [-0.1, -0.05) is 41.9 Å². The Morgan fingerprint density at radius 3 is 2.61 bits per heavy atom. The van der Waals surface area contributed by atoms with Crippen LogP contribution in [0.2, 0.25) is 0 Å². The van der Waals surface area contributed by atoms with Crippen molar-refractivity contribution < 1.29 is 24.2 Å². The molecule has 2 heterocycles. The van der Waals surface area contributed by atoms with E-state index in [4.69, 9.17) is 9.47 Å². The third kappa shape index (κ3) is 4.63. The maximum absolute atomic E-state index is 13.2. The number of Topliss-reactive ketones (excluding diaryl/α,β-unsaturated/α-hetero) is 1. The van der Waals surface area contributed by atoms with Gasteiger partial charge in [-0.2, -0.15) is 0 Å². The van der Waals surface area contributed by atoms with Gasteiger partial charge in [-0.3, -0.25) is 9.59 Å². The molecule has 1 atom stereocenters. The Morgan fingerprint density at radius 1 is 1.12 bits per heavy atom. The van der Waals surface area contributed by atoms with E-state index in [1.165, 1.54) is 0 Å². The molecule has 4 rings (SSSR count). The summed E-state index contributed by atoms with van der Waals surface area (Å²) in [6, 6.07) is 11.8. The highest BCUT2D eigenvalue weighted by Crippen LogP contribution is 2.41. The largest absolute Gasteiger partial charge is 0.507 e. The number of hydrogen-bond donors (Lipinski definition) is 1. The average molecular weight is 515 g/mol. The molecule has 0 aliphatic carbocycles. The molecule has 0 aromatic heterocycles. The molecule has 2 aliphatic rings. The molecule has 1 N–H and O–H groups in total. The van der Waals surface area contributed by atoms with Crippen LogP contribution in [0.1, 0.15) is 37.4 Å². The lowest BCUT2D eigenvalue weighted by atomic mass is 9.95. The van der Waals surface area contributed by atoms with E-state index in [1.807, 2.05) is 24.3 Å². The second-order valence-electron chi connectivity index (χ2n) is 8.00. The first-order chi connectivity index (χ1) is 15.9. The summed E-state index contributed by atoms with van der Waals surface area (Å²) < 4.78 is 11.6. The molecular weight excluding hydrogens is 488 g/mol. The monoisotopic (exact) mass is 514 g/mol. The van der Waals surface area contributed by atoms with Gasteiger partial charge in [-0.15, -0.1) is 0 Å².